The molecule has 0 spiro atoms. The first-order valence-corrected chi connectivity index (χ1v) is 6.83. The molecule has 0 aliphatic carbocycles. The summed E-state index contributed by atoms with van der Waals surface area (Å²) in [6, 6.07) is 2.43. The van der Waals surface area contributed by atoms with E-state index < -0.39 is 29.8 Å². The van der Waals surface area contributed by atoms with Gasteiger partial charge in [0.1, 0.15) is 24.1 Å². The standard InChI is InChI=1S/C16H19NO6/c1-4-9-23-15(19)14(11(2)18)13(17-16(20)21-3)8-7-12-6-5-10-22-12/h4-8,10,13-14H,1,9H2,2-3H3,(H,17,20)/b8-7+/t13-,14?/m1/s1. The fourth-order valence-electron chi connectivity index (χ4n) is 1.82. The Bertz CT molecular complexity index is 575. The highest BCUT2D eigenvalue weighted by Gasteiger charge is 2.33. The van der Waals surface area contributed by atoms with Crippen molar-refractivity contribution >= 4 is 23.9 Å². The molecule has 0 aromatic carbocycles. The summed E-state index contributed by atoms with van der Waals surface area (Å²) < 4.78 is 14.6. The van der Waals surface area contributed by atoms with Crippen LogP contribution in [0.5, 0.6) is 0 Å². The van der Waals surface area contributed by atoms with Crippen LogP contribution in [0, 0.1) is 5.92 Å². The number of ether oxygens (including phenoxy) is 2. The minimum Gasteiger partial charge on any atom is -0.465 e. The van der Waals surface area contributed by atoms with E-state index in [1.54, 1.807) is 12.1 Å². The molecule has 23 heavy (non-hydrogen) atoms. The smallest absolute Gasteiger partial charge is 0.407 e. The van der Waals surface area contributed by atoms with E-state index in [1.165, 1.54) is 38.5 Å². The summed E-state index contributed by atoms with van der Waals surface area (Å²) in [5, 5.41) is 2.43. The zero-order valence-corrected chi connectivity index (χ0v) is 13.0. The van der Waals surface area contributed by atoms with Crippen LogP contribution in [-0.4, -0.2) is 37.6 Å². The monoisotopic (exact) mass is 321 g/mol. The number of esters is 1. The number of hydrogen-bond donors (Lipinski definition) is 1. The van der Waals surface area contributed by atoms with Crippen LogP contribution >= 0.6 is 0 Å². The maximum Gasteiger partial charge on any atom is 0.407 e. The zero-order valence-electron chi connectivity index (χ0n) is 13.0. The molecule has 0 fully saturated rings. The molecule has 1 heterocycles. The summed E-state index contributed by atoms with van der Waals surface area (Å²) in [5.74, 6) is -1.92. The van der Waals surface area contributed by atoms with Gasteiger partial charge in [0.2, 0.25) is 0 Å². The number of rotatable bonds is 8. The van der Waals surface area contributed by atoms with Crippen molar-refractivity contribution in [2.75, 3.05) is 13.7 Å². The number of hydrogen-bond acceptors (Lipinski definition) is 6. The average molecular weight is 321 g/mol. The lowest BCUT2D eigenvalue weighted by atomic mass is 9.95. The van der Waals surface area contributed by atoms with E-state index in [9.17, 15) is 14.4 Å². The van der Waals surface area contributed by atoms with Crippen molar-refractivity contribution in [1.29, 1.82) is 0 Å². The van der Waals surface area contributed by atoms with Gasteiger partial charge in [0.25, 0.3) is 0 Å². The maximum absolute atomic E-state index is 12.1. The van der Waals surface area contributed by atoms with Crippen LogP contribution in [0.25, 0.3) is 6.08 Å². The second-order valence-electron chi connectivity index (χ2n) is 4.54. The molecule has 1 aromatic rings. The first kappa shape index (κ1) is 18.2. The summed E-state index contributed by atoms with van der Waals surface area (Å²) in [6.45, 7) is 4.65. The van der Waals surface area contributed by atoms with Crippen molar-refractivity contribution in [2.45, 2.75) is 13.0 Å². The largest absolute Gasteiger partial charge is 0.465 e. The predicted molar refractivity (Wildman–Crippen MR) is 82.4 cm³/mol. The number of carbonyl (C=O) groups excluding carboxylic acids is 3. The number of furan rings is 1. The van der Waals surface area contributed by atoms with Gasteiger partial charge < -0.3 is 19.2 Å². The van der Waals surface area contributed by atoms with Crippen molar-refractivity contribution in [1.82, 2.24) is 5.32 Å². The number of alkyl carbamates (subject to hydrolysis) is 1. The van der Waals surface area contributed by atoms with E-state index in [0.717, 1.165) is 0 Å². The van der Waals surface area contributed by atoms with Crippen LogP contribution < -0.4 is 5.32 Å². The van der Waals surface area contributed by atoms with Crippen molar-refractivity contribution in [3.63, 3.8) is 0 Å². The normalized spacial score (nSPS) is 13.1. The Morgan fingerprint density at radius 1 is 1.43 bits per heavy atom. The molecule has 0 saturated heterocycles. The Kier molecular flexibility index (Phi) is 7.32. The molecule has 2 atom stereocenters. The van der Waals surface area contributed by atoms with Crippen LogP contribution in [0.2, 0.25) is 0 Å². The van der Waals surface area contributed by atoms with Crippen molar-refractivity contribution in [3.05, 3.63) is 42.9 Å². The first-order chi connectivity index (χ1) is 11.0. The van der Waals surface area contributed by atoms with Crippen LogP contribution in [0.4, 0.5) is 4.79 Å². The van der Waals surface area contributed by atoms with Gasteiger partial charge >= 0.3 is 12.1 Å². The topological polar surface area (TPSA) is 94.8 Å². The average Bonchev–Trinajstić information content (AvgIpc) is 3.03. The number of methoxy groups -OCH3 is 1. The van der Waals surface area contributed by atoms with Gasteiger partial charge in [-0.05, 0) is 25.1 Å². The van der Waals surface area contributed by atoms with Gasteiger partial charge in [0, 0.05) is 0 Å². The Balaban J connectivity index is 3.01. The lowest BCUT2D eigenvalue weighted by Crippen LogP contribution is -2.45. The summed E-state index contributed by atoms with van der Waals surface area (Å²) in [7, 11) is 1.18. The summed E-state index contributed by atoms with van der Waals surface area (Å²) >= 11 is 0. The SMILES string of the molecule is C=CCOC(=O)C(C(C)=O)[C@@H](/C=C/c1ccco1)NC(=O)OC. The second-order valence-corrected chi connectivity index (χ2v) is 4.54. The highest BCUT2D eigenvalue weighted by Crippen LogP contribution is 2.13. The van der Waals surface area contributed by atoms with E-state index in [-0.39, 0.29) is 6.61 Å². The van der Waals surface area contributed by atoms with E-state index in [2.05, 4.69) is 16.6 Å². The molecule has 1 unspecified atom stereocenters. The zero-order chi connectivity index (χ0) is 17.2. The fourth-order valence-corrected chi connectivity index (χ4v) is 1.82. The van der Waals surface area contributed by atoms with Gasteiger partial charge in [-0.1, -0.05) is 18.7 Å². The van der Waals surface area contributed by atoms with E-state index in [1.807, 2.05) is 0 Å². The third kappa shape index (κ3) is 5.82. The number of nitrogens with one attached hydrogen (secondary N) is 1. The van der Waals surface area contributed by atoms with E-state index in [0.29, 0.717) is 5.76 Å². The molecular formula is C16H19NO6. The molecule has 0 aliphatic rings. The van der Waals surface area contributed by atoms with Gasteiger partial charge in [0.15, 0.2) is 0 Å². The first-order valence-electron chi connectivity index (χ1n) is 6.83. The highest BCUT2D eigenvalue weighted by molar-refractivity contribution is 5.99. The summed E-state index contributed by atoms with van der Waals surface area (Å²) in [4.78, 5) is 35.4. The quantitative estimate of drug-likeness (QED) is 0.447. The number of amides is 1. The van der Waals surface area contributed by atoms with Gasteiger partial charge in [-0.2, -0.15) is 0 Å². The molecule has 1 amide bonds. The molecule has 0 radical (unpaired) electrons. The van der Waals surface area contributed by atoms with Gasteiger partial charge in [-0.3, -0.25) is 9.59 Å². The molecule has 0 saturated carbocycles. The Hall–Kier alpha value is -2.83. The molecule has 7 nitrogen and oxygen atoms in total. The molecule has 124 valence electrons. The molecule has 0 bridgehead atoms. The molecule has 7 heteroatoms. The van der Waals surface area contributed by atoms with Crippen molar-refractivity contribution in [2.24, 2.45) is 5.92 Å². The molecule has 0 aliphatic heterocycles. The molecular weight excluding hydrogens is 302 g/mol. The predicted octanol–water partition coefficient (Wildman–Crippen LogP) is 1.95. The van der Waals surface area contributed by atoms with Crippen LogP contribution in [-0.2, 0) is 19.1 Å². The molecule has 1 aromatic heterocycles. The van der Waals surface area contributed by atoms with Crippen molar-refractivity contribution < 1.29 is 28.3 Å². The van der Waals surface area contributed by atoms with Crippen LogP contribution in [0.3, 0.4) is 0 Å². The molecule has 1 rings (SSSR count). The Morgan fingerprint density at radius 3 is 2.70 bits per heavy atom. The Labute approximate surface area is 133 Å². The third-order valence-electron chi connectivity index (χ3n) is 2.88. The molecule has 1 N–H and O–H groups in total. The summed E-state index contributed by atoms with van der Waals surface area (Å²) in [6.07, 6.45) is 5.09. The minimum atomic E-state index is -1.21. The van der Waals surface area contributed by atoms with Crippen molar-refractivity contribution in [3.8, 4) is 0 Å². The van der Waals surface area contributed by atoms with Crippen LogP contribution in [0.15, 0.2) is 41.5 Å². The summed E-state index contributed by atoms with van der Waals surface area (Å²) in [5.41, 5.74) is 0. The van der Waals surface area contributed by atoms with Gasteiger partial charge in [-0.15, -0.1) is 0 Å². The fraction of sp³-hybridized carbons (Fsp3) is 0.312. The van der Waals surface area contributed by atoms with Gasteiger partial charge in [-0.25, -0.2) is 4.79 Å². The van der Waals surface area contributed by atoms with E-state index in [4.69, 9.17) is 9.15 Å². The number of carbonyl (C=O) groups is 3. The van der Waals surface area contributed by atoms with Gasteiger partial charge in [0.05, 0.1) is 19.4 Å². The Morgan fingerprint density at radius 2 is 2.17 bits per heavy atom. The number of Topliss-reactive ketones (excluding diaryl/α,β-unsaturated/α-hetero) is 1. The minimum absolute atomic E-state index is 0.0323. The second kappa shape index (κ2) is 9.24. The third-order valence-corrected chi connectivity index (χ3v) is 2.88. The lowest BCUT2D eigenvalue weighted by Gasteiger charge is -2.21. The van der Waals surface area contributed by atoms with E-state index >= 15 is 0 Å². The number of ketones is 1. The lowest BCUT2D eigenvalue weighted by molar-refractivity contribution is -0.151. The maximum atomic E-state index is 12.1. The van der Waals surface area contributed by atoms with Crippen LogP contribution in [0.1, 0.15) is 12.7 Å². The highest BCUT2D eigenvalue weighted by atomic mass is 16.5.